The molecule has 0 radical (unpaired) electrons. The molecular formula is C38H60O4Sn. The Kier molecular flexibility index (Phi) is 15.8. The molecule has 2 rings (SSSR count). The number of carbonyl (C=O) groups excluding carboxylic acids is 2. The average molecular weight is 700 g/mol. The topological polar surface area (TPSA) is 52.6 Å². The molecule has 0 unspecified atom stereocenters. The van der Waals surface area contributed by atoms with Crippen molar-refractivity contribution in [2.45, 2.75) is 152 Å². The van der Waals surface area contributed by atoms with Crippen LogP contribution in [-0.4, -0.2) is 31.1 Å². The van der Waals surface area contributed by atoms with Crippen LogP contribution in [0.5, 0.6) is 0 Å². The minimum atomic E-state index is -4.21. The van der Waals surface area contributed by atoms with Crippen LogP contribution in [0.25, 0.3) is 0 Å². The number of carbonyl (C=O) groups is 2. The molecule has 2 aromatic carbocycles. The van der Waals surface area contributed by atoms with Gasteiger partial charge in [0.2, 0.25) is 0 Å². The molecule has 0 atom stereocenters. The molecule has 240 valence electrons. The molecule has 0 aliphatic rings. The quantitative estimate of drug-likeness (QED) is 0.115. The SMILES string of the molecule is CCCCCCC[CH2][Sn]([CH2]CCCCCCC)([O]C(=O)c1ccc(C(C)(C)C)cc1)[O]C(=O)c1ccc(C(C)(C)C)cc1. The summed E-state index contributed by atoms with van der Waals surface area (Å²) in [6.45, 7) is 17.4. The maximum absolute atomic E-state index is 13.7. The van der Waals surface area contributed by atoms with Crippen molar-refractivity contribution in [1.29, 1.82) is 0 Å². The molecular weight excluding hydrogens is 639 g/mol. The number of rotatable bonds is 18. The van der Waals surface area contributed by atoms with Crippen molar-refractivity contribution in [2.75, 3.05) is 0 Å². The zero-order chi connectivity index (χ0) is 31.9. The standard InChI is InChI=1S/2C11H14O2.2C8H17.Sn/c2*1-11(2,3)9-6-4-8(5-7-9)10(12)13;2*1-3-5-7-8-6-4-2;/h2*4-7H,1-3H3,(H,12,13);2*1,3-8H2,2H3;/q;;;;+2/p-2. The van der Waals surface area contributed by atoms with Crippen molar-refractivity contribution < 1.29 is 15.7 Å². The molecule has 0 aliphatic carbocycles. The number of benzene rings is 2. The van der Waals surface area contributed by atoms with E-state index in [9.17, 15) is 9.59 Å². The van der Waals surface area contributed by atoms with E-state index in [4.69, 9.17) is 6.15 Å². The Morgan fingerprint density at radius 3 is 1.12 bits per heavy atom. The van der Waals surface area contributed by atoms with Gasteiger partial charge in [-0.3, -0.25) is 0 Å². The van der Waals surface area contributed by atoms with E-state index >= 15 is 0 Å². The zero-order valence-corrected chi connectivity index (χ0v) is 31.5. The van der Waals surface area contributed by atoms with E-state index in [2.05, 4.69) is 55.4 Å². The number of hydrogen-bond acceptors (Lipinski definition) is 4. The van der Waals surface area contributed by atoms with Crippen LogP contribution in [0.2, 0.25) is 8.87 Å². The van der Waals surface area contributed by atoms with Gasteiger partial charge in [-0.15, -0.1) is 0 Å². The first kappa shape index (κ1) is 37.4. The fourth-order valence-corrected chi connectivity index (χ4v) is 14.5. The van der Waals surface area contributed by atoms with Gasteiger partial charge in [-0.25, -0.2) is 0 Å². The predicted molar refractivity (Wildman–Crippen MR) is 183 cm³/mol. The van der Waals surface area contributed by atoms with Gasteiger partial charge in [0, 0.05) is 0 Å². The number of hydrogen-bond donors (Lipinski definition) is 0. The van der Waals surface area contributed by atoms with Crippen LogP contribution in [0.1, 0.15) is 164 Å². The van der Waals surface area contributed by atoms with E-state index < -0.39 is 19.2 Å². The van der Waals surface area contributed by atoms with E-state index in [-0.39, 0.29) is 22.8 Å². The minimum absolute atomic E-state index is 0.000949. The zero-order valence-electron chi connectivity index (χ0n) is 28.7. The molecule has 0 heterocycles. The summed E-state index contributed by atoms with van der Waals surface area (Å²) in [6, 6.07) is 15.5. The third kappa shape index (κ3) is 13.4. The second-order valence-corrected chi connectivity index (χ2v) is 23.6. The van der Waals surface area contributed by atoms with Crippen LogP contribution in [0.15, 0.2) is 48.5 Å². The molecule has 2 aromatic rings. The normalized spacial score (nSPS) is 12.3. The van der Waals surface area contributed by atoms with Gasteiger partial charge >= 0.3 is 270 Å². The van der Waals surface area contributed by atoms with Gasteiger partial charge in [-0.2, -0.15) is 0 Å². The molecule has 0 aromatic heterocycles. The Morgan fingerprint density at radius 2 is 0.814 bits per heavy atom. The second-order valence-electron chi connectivity index (χ2n) is 14.4. The van der Waals surface area contributed by atoms with Gasteiger partial charge in [-0.05, 0) is 0 Å². The van der Waals surface area contributed by atoms with Crippen LogP contribution in [0.4, 0.5) is 0 Å². The van der Waals surface area contributed by atoms with Gasteiger partial charge in [0.25, 0.3) is 0 Å². The van der Waals surface area contributed by atoms with Crippen molar-refractivity contribution in [3.63, 3.8) is 0 Å². The predicted octanol–water partition coefficient (Wildman–Crippen LogP) is 11.5. The average Bonchev–Trinajstić information content (AvgIpc) is 2.96. The molecule has 0 bridgehead atoms. The third-order valence-electron chi connectivity index (χ3n) is 8.35. The molecule has 0 N–H and O–H groups in total. The van der Waals surface area contributed by atoms with E-state index in [1.807, 2.05) is 48.5 Å². The molecule has 0 fully saturated rings. The molecule has 0 amide bonds. The summed E-state index contributed by atoms with van der Waals surface area (Å²) >= 11 is -4.21. The Balaban J connectivity index is 2.34. The van der Waals surface area contributed by atoms with Crippen LogP contribution < -0.4 is 0 Å². The fourth-order valence-electron chi connectivity index (χ4n) is 5.37. The summed E-state index contributed by atoms with van der Waals surface area (Å²) in [4.78, 5) is 27.4. The molecule has 0 spiro atoms. The molecule has 4 nitrogen and oxygen atoms in total. The van der Waals surface area contributed by atoms with E-state index in [1.54, 1.807) is 0 Å². The van der Waals surface area contributed by atoms with Crippen molar-refractivity contribution in [3.8, 4) is 0 Å². The molecule has 0 aliphatic heterocycles. The summed E-state index contributed by atoms with van der Waals surface area (Å²) in [5, 5.41) is 0. The molecule has 0 saturated carbocycles. The van der Waals surface area contributed by atoms with Gasteiger partial charge in [0.1, 0.15) is 0 Å². The first-order valence-electron chi connectivity index (χ1n) is 17.0. The second kappa shape index (κ2) is 18.2. The first-order chi connectivity index (χ1) is 20.3. The van der Waals surface area contributed by atoms with Crippen LogP contribution in [-0.2, 0) is 17.0 Å². The van der Waals surface area contributed by atoms with Gasteiger partial charge < -0.3 is 0 Å². The van der Waals surface area contributed by atoms with Crippen LogP contribution in [0.3, 0.4) is 0 Å². The van der Waals surface area contributed by atoms with Crippen LogP contribution >= 0.6 is 0 Å². The van der Waals surface area contributed by atoms with Crippen molar-refractivity contribution >= 4 is 31.1 Å². The summed E-state index contributed by atoms with van der Waals surface area (Å²) in [6.07, 6.45) is 13.7. The molecule has 0 saturated heterocycles. The third-order valence-corrected chi connectivity index (χ3v) is 17.9. The summed E-state index contributed by atoms with van der Waals surface area (Å²) in [7, 11) is 0. The van der Waals surface area contributed by atoms with Gasteiger partial charge in [0.05, 0.1) is 0 Å². The first-order valence-corrected chi connectivity index (χ1v) is 23.4. The Labute approximate surface area is 268 Å². The Morgan fingerprint density at radius 1 is 0.512 bits per heavy atom. The molecule has 43 heavy (non-hydrogen) atoms. The maximum atomic E-state index is 13.7. The fraction of sp³-hybridized carbons (Fsp3) is 0.632. The Bertz CT molecular complexity index is 1000. The Hall–Kier alpha value is -1.82. The van der Waals surface area contributed by atoms with Crippen LogP contribution in [0, 0.1) is 0 Å². The van der Waals surface area contributed by atoms with Crippen molar-refractivity contribution in [3.05, 3.63) is 70.8 Å². The molecule has 5 heteroatoms. The van der Waals surface area contributed by atoms with Crippen molar-refractivity contribution in [1.82, 2.24) is 0 Å². The summed E-state index contributed by atoms with van der Waals surface area (Å²) < 4.78 is 14.4. The van der Waals surface area contributed by atoms with E-state index in [0.29, 0.717) is 20.0 Å². The van der Waals surface area contributed by atoms with Crippen molar-refractivity contribution in [2.24, 2.45) is 0 Å². The monoisotopic (exact) mass is 700 g/mol. The summed E-state index contributed by atoms with van der Waals surface area (Å²) in [5.41, 5.74) is 3.40. The van der Waals surface area contributed by atoms with E-state index in [1.165, 1.54) is 49.7 Å². The van der Waals surface area contributed by atoms with E-state index in [0.717, 1.165) is 38.5 Å². The summed E-state index contributed by atoms with van der Waals surface area (Å²) in [5.74, 6) is -0.687. The van der Waals surface area contributed by atoms with Gasteiger partial charge in [-0.1, -0.05) is 0 Å². The number of unbranched alkanes of at least 4 members (excludes halogenated alkanes) is 10. The van der Waals surface area contributed by atoms with Gasteiger partial charge in [0.15, 0.2) is 0 Å².